The van der Waals surface area contributed by atoms with Crippen LogP contribution in [0.1, 0.15) is 92.3 Å². The van der Waals surface area contributed by atoms with Crippen LogP contribution >= 0.6 is 0 Å². The first-order valence-electron chi connectivity index (χ1n) is 16.6. The van der Waals surface area contributed by atoms with Gasteiger partial charge < -0.3 is 24.8 Å². The van der Waals surface area contributed by atoms with Crippen molar-refractivity contribution >= 4 is 11.8 Å². The van der Waals surface area contributed by atoms with E-state index in [4.69, 9.17) is 9.47 Å². The Balaban J connectivity index is 0.000000138. The van der Waals surface area contributed by atoms with E-state index in [9.17, 15) is 24.9 Å². The fourth-order valence-electron chi connectivity index (χ4n) is 10.2. The highest BCUT2D eigenvalue weighted by Crippen LogP contribution is 2.65. The predicted octanol–water partition coefficient (Wildman–Crippen LogP) is 7.55. The second-order valence-corrected chi connectivity index (χ2v) is 14.7. The van der Waals surface area contributed by atoms with Gasteiger partial charge in [0.05, 0.1) is 11.7 Å². The van der Waals surface area contributed by atoms with Crippen LogP contribution in [0.5, 0.6) is 23.0 Å². The minimum Gasteiger partial charge on any atom is -0.508 e. The molecule has 0 aromatic heterocycles. The highest BCUT2D eigenvalue weighted by Gasteiger charge is 2.59. The number of allylic oxidation sites excluding steroid dienone is 1. The van der Waals surface area contributed by atoms with Crippen LogP contribution in [-0.4, -0.2) is 33.2 Å². The summed E-state index contributed by atoms with van der Waals surface area (Å²) in [5.74, 6) is 2.98. The summed E-state index contributed by atoms with van der Waals surface area (Å²) in [5.41, 5.74) is 3.17. The Morgan fingerprint density at radius 2 is 1.46 bits per heavy atom. The number of aromatic hydroxyl groups is 2. The summed E-state index contributed by atoms with van der Waals surface area (Å²) in [5, 5.41) is 30.1. The summed E-state index contributed by atoms with van der Waals surface area (Å²) >= 11 is 0. The Kier molecular flexibility index (Phi) is 6.50. The maximum Gasteiger partial charge on any atom is 0.340 e. The molecule has 7 nitrogen and oxygen atoms in total. The minimum absolute atomic E-state index is 0.0371. The van der Waals surface area contributed by atoms with Crippen LogP contribution in [0.4, 0.5) is 0 Å². The van der Waals surface area contributed by atoms with E-state index >= 15 is 0 Å². The van der Waals surface area contributed by atoms with Gasteiger partial charge in [0.25, 0.3) is 0 Å². The van der Waals surface area contributed by atoms with E-state index in [1.807, 2.05) is 18.2 Å². The van der Waals surface area contributed by atoms with Gasteiger partial charge in [-0.3, -0.25) is 4.79 Å². The fraction of sp³-hybridized carbons (Fsp3) is 0.436. The second kappa shape index (κ2) is 10.2. The molecule has 6 aliphatic rings. The highest BCUT2D eigenvalue weighted by atomic mass is 16.6. The Morgan fingerprint density at radius 3 is 2.17 bits per heavy atom. The number of carbonyl (C=O) groups excluding carboxylic acids is 2. The number of phenols is 2. The molecule has 0 saturated heterocycles. The second-order valence-electron chi connectivity index (χ2n) is 14.7. The molecule has 2 heterocycles. The largest absolute Gasteiger partial charge is 0.508 e. The van der Waals surface area contributed by atoms with E-state index in [-0.39, 0.29) is 28.4 Å². The maximum atomic E-state index is 12.5. The van der Waals surface area contributed by atoms with Gasteiger partial charge >= 0.3 is 5.97 Å². The number of aliphatic hydroxyl groups is 1. The number of hydrogen-bond donors (Lipinski definition) is 3. The zero-order valence-corrected chi connectivity index (χ0v) is 26.3. The van der Waals surface area contributed by atoms with E-state index in [2.05, 4.69) is 13.8 Å². The van der Waals surface area contributed by atoms with Crippen molar-refractivity contribution in [3.05, 3.63) is 94.6 Å². The molecule has 4 aliphatic carbocycles. The number of esters is 1. The molecule has 0 unspecified atom stereocenters. The summed E-state index contributed by atoms with van der Waals surface area (Å²) in [7, 11) is 0. The van der Waals surface area contributed by atoms with E-state index in [0.29, 0.717) is 45.5 Å². The monoisotopic (exact) mass is 620 g/mol. The summed E-state index contributed by atoms with van der Waals surface area (Å²) in [6.45, 7) is 4.76. The lowest BCUT2D eigenvalue weighted by Gasteiger charge is -2.57. The van der Waals surface area contributed by atoms with Crippen molar-refractivity contribution in [3.8, 4) is 23.0 Å². The molecule has 3 N–H and O–H groups in total. The van der Waals surface area contributed by atoms with Gasteiger partial charge in [-0.15, -0.1) is 0 Å². The molecule has 1 spiro atoms. The lowest BCUT2D eigenvalue weighted by molar-refractivity contribution is -0.118. The summed E-state index contributed by atoms with van der Waals surface area (Å²) in [6, 6.07) is 16.6. The number of phenolic OH excluding ortho intramolecular Hbond substituents is 2. The van der Waals surface area contributed by atoms with Gasteiger partial charge in [-0.2, -0.15) is 0 Å². The number of aliphatic hydroxyl groups excluding tert-OH is 1. The number of carbonyl (C=O) groups is 2. The van der Waals surface area contributed by atoms with Crippen molar-refractivity contribution in [2.45, 2.75) is 76.9 Å². The Labute approximate surface area is 268 Å². The van der Waals surface area contributed by atoms with E-state index in [1.54, 1.807) is 24.3 Å². The van der Waals surface area contributed by atoms with Gasteiger partial charge in [-0.05, 0) is 110 Å². The maximum absolute atomic E-state index is 12.5. The van der Waals surface area contributed by atoms with Crippen molar-refractivity contribution < 1.29 is 34.4 Å². The normalized spacial score (nSPS) is 32.6. The number of ketones is 1. The lowest BCUT2D eigenvalue weighted by atomic mass is 9.47. The summed E-state index contributed by atoms with van der Waals surface area (Å²) in [6.07, 6.45) is 10.7. The first-order valence-corrected chi connectivity index (χ1v) is 16.6. The first kappa shape index (κ1) is 29.3. The predicted molar refractivity (Wildman–Crippen MR) is 171 cm³/mol. The molecule has 0 bridgehead atoms. The standard InChI is InChI=1S/C20H12O5.C19H28O2/c21-11-5-7-15-17(9-11)24-18-10-12(22)6-8-16(18)20(15)14-4-2-1-3-13(14)19(23)25-20;1-18-9-7-13(20)11-12(18)3-4-14-15-5-6-17(21)19(15,2)10-8-16(14)18/h1-10,21-22H;11,14-17,21H,3-10H2,1-2H3/t;14-,15-,16-,17-,18-,19-/m.0/s1. The van der Waals surface area contributed by atoms with Gasteiger partial charge in [0.1, 0.15) is 23.0 Å². The van der Waals surface area contributed by atoms with Crippen molar-refractivity contribution in [1.29, 1.82) is 0 Å². The molecule has 0 amide bonds. The van der Waals surface area contributed by atoms with Crippen LogP contribution in [0, 0.1) is 28.6 Å². The van der Waals surface area contributed by atoms with Crippen LogP contribution in [0.25, 0.3) is 0 Å². The van der Waals surface area contributed by atoms with Crippen molar-refractivity contribution in [3.63, 3.8) is 0 Å². The van der Waals surface area contributed by atoms with Gasteiger partial charge in [-0.1, -0.05) is 37.6 Å². The SMILES string of the molecule is C[C@]12CC[C@H]3[C@@H](CCC4=CC(=O)CC[C@@]43C)[C@@H]1CC[C@@H]2O.O=C1OC2(c3ccc(O)cc3Oc3cc(O)ccc32)c2ccccc21. The molecule has 3 aromatic rings. The van der Waals surface area contributed by atoms with Gasteiger partial charge in [-0.25, -0.2) is 4.79 Å². The first-order chi connectivity index (χ1) is 22.0. The van der Waals surface area contributed by atoms with Crippen LogP contribution in [-0.2, 0) is 15.1 Å². The Hall–Kier alpha value is -4.10. The van der Waals surface area contributed by atoms with Gasteiger partial charge in [0.2, 0.25) is 0 Å². The lowest BCUT2D eigenvalue weighted by Crippen LogP contribution is -2.51. The van der Waals surface area contributed by atoms with Crippen LogP contribution < -0.4 is 4.74 Å². The number of hydrogen-bond acceptors (Lipinski definition) is 7. The molecular weight excluding hydrogens is 580 g/mol. The smallest absolute Gasteiger partial charge is 0.340 e. The highest BCUT2D eigenvalue weighted by molar-refractivity contribution is 5.97. The average molecular weight is 621 g/mol. The van der Waals surface area contributed by atoms with Gasteiger partial charge in [0.15, 0.2) is 11.4 Å². The zero-order valence-electron chi connectivity index (χ0n) is 26.3. The third-order valence-electron chi connectivity index (χ3n) is 12.6. The Morgan fingerprint density at radius 1 is 0.761 bits per heavy atom. The molecule has 46 heavy (non-hydrogen) atoms. The fourth-order valence-corrected chi connectivity index (χ4v) is 10.2. The average Bonchev–Trinajstić information content (AvgIpc) is 3.50. The van der Waals surface area contributed by atoms with Crippen LogP contribution in [0.3, 0.4) is 0 Å². The number of ether oxygens (including phenoxy) is 2. The van der Waals surface area contributed by atoms with Crippen molar-refractivity contribution in [2.24, 2.45) is 28.6 Å². The number of rotatable bonds is 0. The molecule has 238 valence electrons. The minimum atomic E-state index is -1.17. The molecule has 3 aromatic carbocycles. The van der Waals surface area contributed by atoms with Crippen LogP contribution in [0.15, 0.2) is 72.3 Å². The van der Waals surface area contributed by atoms with E-state index < -0.39 is 11.6 Å². The molecule has 3 fully saturated rings. The molecule has 2 aliphatic heterocycles. The third-order valence-corrected chi connectivity index (χ3v) is 12.6. The Bertz CT molecular complexity index is 1760. The molecular formula is C39H40O7. The third kappa shape index (κ3) is 4.06. The zero-order chi connectivity index (χ0) is 32.0. The van der Waals surface area contributed by atoms with Crippen molar-refractivity contribution in [1.82, 2.24) is 0 Å². The topological polar surface area (TPSA) is 113 Å². The number of benzene rings is 3. The van der Waals surface area contributed by atoms with Gasteiger partial charge in [0, 0.05) is 35.2 Å². The molecule has 0 radical (unpaired) electrons. The molecule has 3 saturated carbocycles. The van der Waals surface area contributed by atoms with E-state index in [1.165, 1.54) is 55.5 Å². The molecule has 9 rings (SSSR count). The number of fused-ring (bicyclic) bond motifs is 11. The molecule has 6 atom stereocenters. The summed E-state index contributed by atoms with van der Waals surface area (Å²) < 4.78 is 11.8. The van der Waals surface area contributed by atoms with Crippen LogP contribution in [0.2, 0.25) is 0 Å². The molecule has 7 heteroatoms. The van der Waals surface area contributed by atoms with Crippen molar-refractivity contribution in [2.75, 3.05) is 0 Å². The summed E-state index contributed by atoms with van der Waals surface area (Å²) in [4.78, 5) is 24.3. The quantitative estimate of drug-likeness (QED) is 0.223. The van der Waals surface area contributed by atoms with E-state index in [0.717, 1.165) is 37.5 Å².